The van der Waals surface area contributed by atoms with Gasteiger partial charge in [-0.2, -0.15) is 26.3 Å². The third-order valence-corrected chi connectivity index (χ3v) is 3.24. The van der Waals surface area contributed by atoms with Gasteiger partial charge in [0.15, 0.2) is 5.82 Å². The minimum Gasteiger partial charge on any atom is -0.322 e. The third kappa shape index (κ3) is 6.03. The van der Waals surface area contributed by atoms with Gasteiger partial charge in [-0.3, -0.25) is 20.4 Å². The number of hydrogen-bond donors (Lipinski definition) is 3. The molecule has 0 aliphatic rings. The molecule has 4 N–H and O–H groups in total. The van der Waals surface area contributed by atoms with Crippen molar-refractivity contribution in [3.63, 3.8) is 0 Å². The number of rotatable bonds is 4. The molecule has 29 heavy (non-hydrogen) atoms. The van der Waals surface area contributed by atoms with Gasteiger partial charge in [0, 0.05) is 17.8 Å². The van der Waals surface area contributed by atoms with Crippen molar-refractivity contribution in [3.05, 3.63) is 41.7 Å². The van der Waals surface area contributed by atoms with E-state index in [4.69, 9.17) is 5.73 Å². The molecule has 0 bridgehead atoms. The van der Waals surface area contributed by atoms with Crippen molar-refractivity contribution < 1.29 is 35.9 Å². The summed E-state index contributed by atoms with van der Waals surface area (Å²) in [5, 5.41) is 3.71. The highest BCUT2D eigenvalue weighted by Gasteiger charge is 2.37. The zero-order chi connectivity index (χ0) is 21.8. The number of hydrazine groups is 1. The van der Waals surface area contributed by atoms with E-state index in [1.54, 1.807) is 0 Å². The number of benzene rings is 1. The van der Waals surface area contributed by atoms with Crippen LogP contribution in [-0.2, 0) is 21.9 Å². The molecule has 14 heteroatoms. The standard InChI is InChI=1S/C15H12F6N6O2/c16-14(17,18)9-3-8(4-10(5-9)15(19,20)21)13-23-7-27(26-13)2-1-11(28)24-25-12(29)6-22/h1-5,7H,6,22H2,(H,24,28)(H,25,29)/b2-1-. The molecule has 2 aromatic rings. The maximum atomic E-state index is 12.9. The van der Waals surface area contributed by atoms with E-state index >= 15 is 0 Å². The van der Waals surface area contributed by atoms with E-state index in [9.17, 15) is 35.9 Å². The van der Waals surface area contributed by atoms with Crippen LogP contribution in [0.1, 0.15) is 11.1 Å². The Balaban J connectivity index is 2.26. The molecule has 0 unspecified atom stereocenters. The number of nitrogens with one attached hydrogen (secondary N) is 2. The molecule has 1 aromatic heterocycles. The van der Waals surface area contributed by atoms with Crippen molar-refractivity contribution in [2.75, 3.05) is 6.54 Å². The van der Waals surface area contributed by atoms with E-state index in [0.29, 0.717) is 12.1 Å². The summed E-state index contributed by atoms with van der Waals surface area (Å²) >= 11 is 0. The maximum Gasteiger partial charge on any atom is 0.416 e. The van der Waals surface area contributed by atoms with E-state index < -0.39 is 46.7 Å². The van der Waals surface area contributed by atoms with Crippen molar-refractivity contribution in [1.82, 2.24) is 25.6 Å². The predicted octanol–water partition coefficient (Wildman–Crippen LogP) is 1.56. The number of halogens is 6. The van der Waals surface area contributed by atoms with Gasteiger partial charge >= 0.3 is 12.4 Å². The smallest absolute Gasteiger partial charge is 0.322 e. The molecule has 0 saturated carbocycles. The minimum absolute atomic E-state index is 0.0135. The number of nitrogens with zero attached hydrogens (tertiary/aromatic N) is 3. The first-order valence-corrected chi connectivity index (χ1v) is 7.58. The summed E-state index contributed by atoms with van der Waals surface area (Å²) in [5.74, 6) is -1.90. The fourth-order valence-corrected chi connectivity index (χ4v) is 1.93. The minimum atomic E-state index is -5.01. The number of carbonyl (C=O) groups is 2. The van der Waals surface area contributed by atoms with Crippen molar-refractivity contribution in [1.29, 1.82) is 0 Å². The summed E-state index contributed by atoms with van der Waals surface area (Å²) in [7, 11) is 0. The Labute approximate surface area is 158 Å². The lowest BCUT2D eigenvalue weighted by Crippen LogP contribution is -2.43. The lowest BCUT2D eigenvalue weighted by molar-refractivity contribution is -0.143. The van der Waals surface area contributed by atoms with Crippen LogP contribution in [0.2, 0.25) is 0 Å². The van der Waals surface area contributed by atoms with Gasteiger partial charge in [-0.05, 0) is 18.2 Å². The molecule has 8 nitrogen and oxygen atoms in total. The number of nitrogens with two attached hydrogens (primary N) is 1. The fraction of sp³-hybridized carbons (Fsp3) is 0.200. The molecule has 0 saturated heterocycles. The lowest BCUT2D eigenvalue weighted by atomic mass is 10.0. The maximum absolute atomic E-state index is 12.9. The number of amides is 2. The molecule has 0 atom stereocenters. The van der Waals surface area contributed by atoms with Gasteiger partial charge in [-0.25, -0.2) is 9.67 Å². The molecule has 0 spiro atoms. The Morgan fingerprint density at radius 2 is 1.62 bits per heavy atom. The van der Waals surface area contributed by atoms with Crippen molar-refractivity contribution in [3.8, 4) is 11.4 Å². The van der Waals surface area contributed by atoms with Crippen LogP contribution in [0.5, 0.6) is 0 Å². The van der Waals surface area contributed by atoms with E-state index in [-0.39, 0.29) is 12.6 Å². The Bertz CT molecular complexity index is 902. The topological polar surface area (TPSA) is 115 Å². The van der Waals surface area contributed by atoms with Crippen LogP contribution in [0.15, 0.2) is 30.6 Å². The monoisotopic (exact) mass is 422 g/mol. The van der Waals surface area contributed by atoms with Gasteiger partial charge in [0.1, 0.15) is 6.33 Å². The number of alkyl halides is 6. The van der Waals surface area contributed by atoms with Crippen LogP contribution in [0, 0.1) is 0 Å². The van der Waals surface area contributed by atoms with Crippen molar-refractivity contribution >= 4 is 18.0 Å². The average molecular weight is 422 g/mol. The quantitative estimate of drug-likeness (QED) is 0.393. The number of carbonyl (C=O) groups excluding carboxylic acids is 2. The molecule has 0 aliphatic heterocycles. The Hall–Kier alpha value is -3.42. The second-order valence-electron chi connectivity index (χ2n) is 5.40. The van der Waals surface area contributed by atoms with Crippen LogP contribution < -0.4 is 16.6 Å². The normalized spacial score (nSPS) is 12.2. The second-order valence-corrected chi connectivity index (χ2v) is 5.40. The first-order chi connectivity index (χ1) is 13.4. The van der Waals surface area contributed by atoms with Gasteiger partial charge in [-0.15, -0.1) is 5.10 Å². The van der Waals surface area contributed by atoms with E-state index in [2.05, 4.69) is 10.1 Å². The molecule has 0 fully saturated rings. The van der Waals surface area contributed by atoms with Gasteiger partial charge in [0.25, 0.3) is 11.8 Å². The largest absolute Gasteiger partial charge is 0.416 e. The molecular weight excluding hydrogens is 410 g/mol. The molecule has 2 amide bonds. The Kier molecular flexibility index (Phi) is 6.26. The highest BCUT2D eigenvalue weighted by molar-refractivity contribution is 5.91. The summed E-state index contributed by atoms with van der Waals surface area (Å²) in [5.41, 5.74) is 5.42. The van der Waals surface area contributed by atoms with Crippen molar-refractivity contribution in [2.45, 2.75) is 12.4 Å². The summed E-state index contributed by atoms with van der Waals surface area (Å²) in [6, 6.07) is 0.946. The zero-order valence-corrected chi connectivity index (χ0v) is 14.2. The second kappa shape index (κ2) is 8.30. The highest BCUT2D eigenvalue weighted by atomic mass is 19.4. The average Bonchev–Trinajstić information content (AvgIpc) is 3.11. The molecule has 1 heterocycles. The number of hydrogen-bond acceptors (Lipinski definition) is 5. The van der Waals surface area contributed by atoms with Gasteiger partial charge in [-0.1, -0.05) is 0 Å². The summed E-state index contributed by atoms with van der Waals surface area (Å²) in [4.78, 5) is 26.0. The van der Waals surface area contributed by atoms with Crippen LogP contribution in [-0.4, -0.2) is 33.1 Å². The van der Waals surface area contributed by atoms with Crippen LogP contribution in [0.25, 0.3) is 17.6 Å². The van der Waals surface area contributed by atoms with E-state index in [1.807, 2.05) is 10.9 Å². The van der Waals surface area contributed by atoms with E-state index in [0.717, 1.165) is 23.3 Å². The fourth-order valence-electron chi connectivity index (χ4n) is 1.93. The first-order valence-electron chi connectivity index (χ1n) is 7.58. The van der Waals surface area contributed by atoms with Crippen LogP contribution in [0.3, 0.4) is 0 Å². The van der Waals surface area contributed by atoms with Gasteiger partial charge in [0.05, 0.1) is 17.7 Å². The Morgan fingerprint density at radius 1 is 1.03 bits per heavy atom. The molecular formula is C15H12F6N6O2. The Morgan fingerprint density at radius 3 is 2.14 bits per heavy atom. The van der Waals surface area contributed by atoms with Gasteiger partial charge in [0.2, 0.25) is 0 Å². The molecule has 156 valence electrons. The van der Waals surface area contributed by atoms with Gasteiger partial charge < -0.3 is 5.73 Å². The van der Waals surface area contributed by atoms with Crippen molar-refractivity contribution in [2.24, 2.45) is 5.73 Å². The predicted molar refractivity (Wildman–Crippen MR) is 86.1 cm³/mol. The van der Waals surface area contributed by atoms with E-state index in [1.165, 1.54) is 0 Å². The zero-order valence-electron chi connectivity index (χ0n) is 14.2. The molecule has 1 aromatic carbocycles. The number of aromatic nitrogens is 3. The molecule has 2 rings (SSSR count). The van der Waals surface area contributed by atoms with Crippen LogP contribution in [0.4, 0.5) is 26.3 Å². The molecule has 0 radical (unpaired) electrons. The molecule has 0 aliphatic carbocycles. The lowest BCUT2D eigenvalue weighted by Gasteiger charge is -2.13. The summed E-state index contributed by atoms with van der Waals surface area (Å²) < 4.78 is 78.4. The summed E-state index contributed by atoms with van der Waals surface area (Å²) in [6.07, 6.45) is -7.17. The summed E-state index contributed by atoms with van der Waals surface area (Å²) in [6.45, 7) is -0.368. The highest BCUT2D eigenvalue weighted by Crippen LogP contribution is 2.37. The SMILES string of the molecule is NCC(=O)NNC(=O)/C=C\n1cnc(-c2cc(C(F)(F)F)cc(C(F)(F)F)c2)n1. The first kappa shape index (κ1) is 21.9. The van der Waals surface area contributed by atoms with Crippen LogP contribution >= 0.6 is 0 Å². The third-order valence-electron chi connectivity index (χ3n) is 3.24.